The minimum Gasteiger partial charge on any atom is -0.468 e. The van der Waals surface area contributed by atoms with Gasteiger partial charge in [-0.15, -0.1) is 0 Å². The Labute approximate surface area is 121 Å². The van der Waals surface area contributed by atoms with Crippen LogP contribution in [0.5, 0.6) is 5.88 Å². The van der Waals surface area contributed by atoms with Gasteiger partial charge in [-0.05, 0) is 31.4 Å². The Morgan fingerprint density at radius 2 is 2.10 bits per heavy atom. The molecule has 4 nitrogen and oxygen atoms in total. The quantitative estimate of drug-likeness (QED) is 0.927. The molecule has 2 aliphatic heterocycles. The lowest BCUT2D eigenvalue weighted by Gasteiger charge is -2.31. The lowest BCUT2D eigenvalue weighted by molar-refractivity contribution is -0.154. The number of fused-ring (bicyclic) bond motifs is 2. The SMILES string of the molecule is FC(F)(F)COc1ccc(NC2CCN3CCC2C3)cn1. The average molecular weight is 301 g/mol. The highest BCUT2D eigenvalue weighted by Gasteiger charge is 2.34. The third-order valence-corrected chi connectivity index (χ3v) is 4.11. The Hall–Kier alpha value is -1.50. The summed E-state index contributed by atoms with van der Waals surface area (Å²) >= 11 is 0. The fourth-order valence-corrected chi connectivity index (χ4v) is 3.06. The molecule has 0 saturated carbocycles. The summed E-state index contributed by atoms with van der Waals surface area (Å²) in [5.74, 6) is 0.647. The molecule has 2 aliphatic rings. The van der Waals surface area contributed by atoms with Crippen molar-refractivity contribution < 1.29 is 17.9 Å². The summed E-state index contributed by atoms with van der Waals surface area (Å²) in [4.78, 5) is 6.38. The highest BCUT2D eigenvalue weighted by Crippen LogP contribution is 2.29. The van der Waals surface area contributed by atoms with Crippen molar-refractivity contribution >= 4 is 5.69 Å². The Balaban J connectivity index is 1.54. The first-order valence-electron chi connectivity index (χ1n) is 7.14. The second kappa shape index (κ2) is 5.71. The highest BCUT2D eigenvalue weighted by molar-refractivity contribution is 5.43. The number of ether oxygens (including phenoxy) is 1. The van der Waals surface area contributed by atoms with Gasteiger partial charge in [0, 0.05) is 25.2 Å². The predicted molar refractivity (Wildman–Crippen MR) is 72.4 cm³/mol. The van der Waals surface area contributed by atoms with Gasteiger partial charge in [0.15, 0.2) is 6.61 Å². The van der Waals surface area contributed by atoms with Crippen LogP contribution in [0, 0.1) is 5.92 Å². The Kier molecular flexibility index (Phi) is 3.93. The molecule has 7 heteroatoms. The molecular weight excluding hydrogens is 283 g/mol. The van der Waals surface area contributed by atoms with Gasteiger partial charge < -0.3 is 15.0 Å². The summed E-state index contributed by atoms with van der Waals surface area (Å²) in [5, 5.41) is 3.44. The van der Waals surface area contributed by atoms with Crippen LogP contribution in [0.15, 0.2) is 18.3 Å². The maximum atomic E-state index is 12.0. The van der Waals surface area contributed by atoms with E-state index >= 15 is 0 Å². The van der Waals surface area contributed by atoms with Crippen molar-refractivity contribution in [3.8, 4) is 5.88 Å². The predicted octanol–water partition coefficient (Wildman–Crippen LogP) is 2.53. The molecule has 1 aromatic rings. The van der Waals surface area contributed by atoms with Crippen molar-refractivity contribution in [2.24, 2.45) is 5.92 Å². The van der Waals surface area contributed by atoms with Crippen molar-refractivity contribution in [2.75, 3.05) is 31.6 Å². The molecule has 0 radical (unpaired) electrons. The first-order chi connectivity index (χ1) is 9.99. The van der Waals surface area contributed by atoms with Gasteiger partial charge in [0.25, 0.3) is 0 Å². The first kappa shape index (κ1) is 14.4. The van der Waals surface area contributed by atoms with Crippen LogP contribution in [0.4, 0.5) is 18.9 Å². The molecular formula is C14H18F3N3O. The van der Waals surface area contributed by atoms with Gasteiger partial charge in [-0.3, -0.25) is 0 Å². The second-order valence-electron chi connectivity index (χ2n) is 5.68. The minimum atomic E-state index is -4.34. The highest BCUT2D eigenvalue weighted by atomic mass is 19.4. The molecule has 0 spiro atoms. The van der Waals surface area contributed by atoms with Gasteiger partial charge in [0.05, 0.1) is 11.9 Å². The number of piperidine rings is 1. The van der Waals surface area contributed by atoms with E-state index in [4.69, 9.17) is 0 Å². The molecule has 3 rings (SSSR count). The molecule has 0 aliphatic carbocycles. The fourth-order valence-electron chi connectivity index (χ4n) is 3.06. The van der Waals surface area contributed by atoms with Crippen LogP contribution in [-0.4, -0.2) is 48.3 Å². The van der Waals surface area contributed by atoms with E-state index in [1.807, 2.05) is 0 Å². The largest absolute Gasteiger partial charge is 0.468 e. The van der Waals surface area contributed by atoms with Gasteiger partial charge in [-0.1, -0.05) is 0 Å². The van der Waals surface area contributed by atoms with Crippen LogP contribution in [-0.2, 0) is 0 Å². The van der Waals surface area contributed by atoms with Crippen LogP contribution >= 0.6 is 0 Å². The van der Waals surface area contributed by atoms with Crippen molar-refractivity contribution in [2.45, 2.75) is 25.1 Å². The zero-order chi connectivity index (χ0) is 14.9. The smallest absolute Gasteiger partial charge is 0.422 e. The Morgan fingerprint density at radius 1 is 1.29 bits per heavy atom. The van der Waals surface area contributed by atoms with Crippen LogP contribution in [0.1, 0.15) is 12.8 Å². The Bertz CT molecular complexity index is 477. The Morgan fingerprint density at radius 3 is 2.81 bits per heavy atom. The van der Waals surface area contributed by atoms with Crippen molar-refractivity contribution in [1.82, 2.24) is 9.88 Å². The van der Waals surface area contributed by atoms with Gasteiger partial charge in [-0.2, -0.15) is 13.2 Å². The molecule has 3 atom stereocenters. The number of aromatic nitrogens is 1. The van der Waals surface area contributed by atoms with Crippen molar-refractivity contribution in [3.05, 3.63) is 18.3 Å². The number of alkyl halides is 3. The molecule has 0 amide bonds. The zero-order valence-corrected chi connectivity index (χ0v) is 11.6. The number of anilines is 1. The summed E-state index contributed by atoms with van der Waals surface area (Å²) < 4.78 is 40.7. The third-order valence-electron chi connectivity index (χ3n) is 4.11. The lowest BCUT2D eigenvalue weighted by Crippen LogP contribution is -2.39. The van der Waals surface area contributed by atoms with E-state index < -0.39 is 12.8 Å². The van der Waals surface area contributed by atoms with E-state index in [1.165, 1.54) is 25.2 Å². The van der Waals surface area contributed by atoms with Crippen molar-refractivity contribution in [1.29, 1.82) is 0 Å². The molecule has 21 heavy (non-hydrogen) atoms. The van der Waals surface area contributed by atoms with Gasteiger partial charge in [0.2, 0.25) is 5.88 Å². The molecule has 1 N–H and O–H groups in total. The monoisotopic (exact) mass is 301 g/mol. The van der Waals surface area contributed by atoms with E-state index in [0.29, 0.717) is 12.0 Å². The average Bonchev–Trinajstić information content (AvgIpc) is 2.83. The summed E-state index contributed by atoms with van der Waals surface area (Å²) in [5.41, 5.74) is 0.833. The number of hydrogen-bond acceptors (Lipinski definition) is 4. The van der Waals surface area contributed by atoms with Crippen LogP contribution in [0.3, 0.4) is 0 Å². The van der Waals surface area contributed by atoms with Crippen molar-refractivity contribution in [3.63, 3.8) is 0 Å². The number of pyridine rings is 1. The summed E-state index contributed by atoms with van der Waals surface area (Å²) in [6.45, 7) is 2.10. The summed E-state index contributed by atoms with van der Waals surface area (Å²) in [7, 11) is 0. The zero-order valence-electron chi connectivity index (χ0n) is 11.6. The molecule has 116 valence electrons. The molecule has 3 heterocycles. The number of nitrogens with zero attached hydrogens (tertiary/aromatic N) is 2. The first-order valence-corrected chi connectivity index (χ1v) is 7.14. The lowest BCUT2D eigenvalue weighted by atomic mass is 9.94. The molecule has 2 fully saturated rings. The second-order valence-corrected chi connectivity index (χ2v) is 5.68. The van der Waals surface area contributed by atoms with E-state index in [0.717, 1.165) is 25.2 Å². The van der Waals surface area contributed by atoms with E-state index in [-0.39, 0.29) is 5.88 Å². The standard InChI is InChI=1S/C14H18F3N3O/c15-14(16,17)9-21-13-2-1-11(7-18-13)19-12-4-6-20-5-3-10(12)8-20/h1-2,7,10,12,19H,3-6,8-9H2. The fraction of sp³-hybridized carbons (Fsp3) is 0.643. The molecule has 2 bridgehead atoms. The normalized spacial score (nSPS) is 28.4. The summed E-state index contributed by atoms with van der Waals surface area (Å²) in [6.07, 6.45) is -0.503. The molecule has 0 aromatic carbocycles. The van der Waals surface area contributed by atoms with Gasteiger partial charge in [-0.25, -0.2) is 4.98 Å². The van der Waals surface area contributed by atoms with E-state index in [9.17, 15) is 13.2 Å². The maximum Gasteiger partial charge on any atom is 0.422 e. The molecule has 1 aromatic heterocycles. The number of rotatable bonds is 4. The number of hydrogen-bond donors (Lipinski definition) is 1. The molecule has 2 saturated heterocycles. The topological polar surface area (TPSA) is 37.4 Å². The minimum absolute atomic E-state index is 0.00596. The van der Waals surface area contributed by atoms with E-state index in [1.54, 1.807) is 6.07 Å². The number of halogens is 3. The van der Waals surface area contributed by atoms with Gasteiger partial charge in [0.1, 0.15) is 0 Å². The van der Waals surface area contributed by atoms with E-state index in [2.05, 4.69) is 19.9 Å². The maximum absolute atomic E-state index is 12.0. The van der Waals surface area contributed by atoms with Crippen LogP contribution < -0.4 is 10.1 Å². The van der Waals surface area contributed by atoms with Crippen LogP contribution in [0.2, 0.25) is 0 Å². The summed E-state index contributed by atoms with van der Waals surface area (Å²) in [6, 6.07) is 3.62. The van der Waals surface area contributed by atoms with Gasteiger partial charge >= 0.3 is 6.18 Å². The number of nitrogens with one attached hydrogen (secondary N) is 1. The molecule has 3 unspecified atom stereocenters. The third kappa shape index (κ3) is 3.78. The van der Waals surface area contributed by atoms with Crippen LogP contribution in [0.25, 0.3) is 0 Å².